The molecule has 11 aromatic rings. The number of fused-ring (bicyclic) bond motifs is 2. The number of ether oxygens (including phenoxy) is 2. The van der Waals surface area contributed by atoms with Gasteiger partial charge >= 0.3 is 0 Å². The number of benzene rings is 8. The van der Waals surface area contributed by atoms with Crippen LogP contribution in [0.5, 0.6) is 0 Å². The summed E-state index contributed by atoms with van der Waals surface area (Å²) in [6, 6.07) is 67.9. The Labute approximate surface area is 638 Å². The molecule has 0 atom stereocenters. The molecule has 5 nitrogen and oxygen atoms in total. The molecule has 0 saturated heterocycles. The molecule has 2 N–H and O–H groups in total. The standard InChI is InChI=1S/C10H10FN.C10H13F.C10H11N.C10H14.C9H10F2O.C9H11F.C9H13N.C9H12O.C9H18.C9H12.2CH4/c1-2-7-6-12-10-4-3-8(11)5-9(7)10;1-2-3-4-9-5-7-10(11)8-6-9;1-2-8-7-11-10-6-4-3-5-9(8)10;1-2-3-7-10-8-5-4-6-9-10;1-2-12-6-7-8(10)4-3-5-9(7)11;1-2-3-8-4-6-9(10)7-5-8;1-2-3-6-9-7-4-5-8-10-9;1-2-10-8-9-6-4-3-5-7-9;2*1-2-6-9-7-4-3-5-8-9;;/h3-6,12H,2H2,1H3;5-8H,2-4H2,1H3;3-7,11H,2H2,1H3;4-6,8-9H,2-3,7H2,1H3;3-5H,2,6H2,1H3;4-7H,2-3H2,1H3;4-5,7-8H,2-3,6H2,1H3;3-7H,2,8H2,1H3;9H,2-8H2,1H3;3-5,7-8H,2,6H2,1H3;2*1H4. The van der Waals surface area contributed by atoms with E-state index in [9.17, 15) is 22.0 Å². The smallest absolute Gasteiger partial charge is 0.131 e. The number of pyridine rings is 1. The van der Waals surface area contributed by atoms with Gasteiger partial charge in [0.05, 0.1) is 13.2 Å². The fourth-order valence-corrected chi connectivity index (χ4v) is 11.3. The average molecular weight is 1460 g/mol. The number of aromatic nitrogens is 3. The molecule has 0 radical (unpaired) electrons. The zero-order chi connectivity index (χ0) is 75.5. The van der Waals surface area contributed by atoms with Crippen molar-refractivity contribution in [1.29, 1.82) is 0 Å². The van der Waals surface area contributed by atoms with Gasteiger partial charge < -0.3 is 19.4 Å². The first-order valence-electron chi connectivity index (χ1n) is 38.7. The van der Waals surface area contributed by atoms with Crippen molar-refractivity contribution >= 4 is 21.8 Å². The van der Waals surface area contributed by atoms with Crippen molar-refractivity contribution in [1.82, 2.24) is 15.0 Å². The number of H-pyrrole nitrogens is 2. The molecule has 0 aliphatic heterocycles. The summed E-state index contributed by atoms with van der Waals surface area (Å²) in [7, 11) is 0. The molecule has 0 amide bonds. The van der Waals surface area contributed by atoms with Crippen LogP contribution >= 0.6 is 0 Å². The van der Waals surface area contributed by atoms with Gasteiger partial charge in [0.2, 0.25) is 0 Å². The fourth-order valence-electron chi connectivity index (χ4n) is 11.3. The molecule has 8 aromatic carbocycles. The fraction of sp³-hybridized carbons (Fsp3) is 0.406. The Balaban J connectivity index is 0.000000588. The number of unbranched alkanes of at least 4 members (excludes halogenated alkanes) is 3. The van der Waals surface area contributed by atoms with Crippen molar-refractivity contribution in [2.24, 2.45) is 5.92 Å². The third-order valence-electron chi connectivity index (χ3n) is 17.2. The molecule has 3 heterocycles. The molecule has 12 rings (SSSR count). The first-order valence-corrected chi connectivity index (χ1v) is 38.7. The molecule has 1 fully saturated rings. The van der Waals surface area contributed by atoms with Crippen LogP contribution in [-0.4, -0.2) is 28.2 Å². The second kappa shape index (κ2) is 62.7. The van der Waals surface area contributed by atoms with Gasteiger partial charge in [-0.25, -0.2) is 22.0 Å². The highest BCUT2D eigenvalue weighted by Gasteiger charge is 2.11. The summed E-state index contributed by atoms with van der Waals surface area (Å²) in [5.41, 5.74) is 12.6. The number of hydrogen-bond acceptors (Lipinski definition) is 3. The van der Waals surface area contributed by atoms with Crippen molar-refractivity contribution in [3.63, 3.8) is 0 Å². The van der Waals surface area contributed by atoms with Gasteiger partial charge in [0.25, 0.3) is 0 Å². The van der Waals surface area contributed by atoms with Crippen LogP contribution in [0.15, 0.2) is 237 Å². The summed E-state index contributed by atoms with van der Waals surface area (Å²) >= 11 is 0. The minimum absolute atomic E-state index is 0. The van der Waals surface area contributed by atoms with Crippen molar-refractivity contribution in [3.05, 3.63) is 316 Å². The Hall–Kier alpha value is -8.44. The summed E-state index contributed by atoms with van der Waals surface area (Å²) in [5, 5.41) is 2.35. The Morgan fingerprint density at radius 3 is 1.26 bits per heavy atom. The average Bonchev–Trinajstić information content (AvgIpc) is 1.74. The number of aryl methyl sites for hydroxylation is 7. The van der Waals surface area contributed by atoms with E-state index in [1.165, 1.54) is 207 Å². The van der Waals surface area contributed by atoms with E-state index >= 15 is 0 Å². The molecule has 10 heteroatoms. The third-order valence-corrected chi connectivity index (χ3v) is 17.2. The lowest BCUT2D eigenvalue weighted by Gasteiger charge is -2.20. The van der Waals surface area contributed by atoms with E-state index in [1.807, 2.05) is 73.9 Å². The van der Waals surface area contributed by atoms with Crippen LogP contribution in [-0.2, 0) is 67.6 Å². The Kier molecular flexibility index (Phi) is 56.6. The lowest BCUT2D eigenvalue weighted by atomic mass is 9.86. The van der Waals surface area contributed by atoms with Crippen molar-refractivity contribution in [3.8, 4) is 0 Å². The predicted octanol–water partition coefficient (Wildman–Crippen LogP) is 29.0. The number of rotatable bonds is 23. The molecular formula is C96H132F5N3O2. The van der Waals surface area contributed by atoms with E-state index in [-0.39, 0.29) is 44.5 Å². The van der Waals surface area contributed by atoms with E-state index in [0.717, 1.165) is 68.6 Å². The van der Waals surface area contributed by atoms with Crippen LogP contribution in [0, 0.1) is 35.0 Å². The minimum Gasteiger partial charge on any atom is -0.377 e. The van der Waals surface area contributed by atoms with E-state index in [4.69, 9.17) is 9.47 Å². The number of halogens is 5. The molecule has 578 valence electrons. The zero-order valence-electron chi connectivity index (χ0n) is 64.6. The Bertz CT molecular complexity index is 3640. The van der Waals surface area contributed by atoms with Gasteiger partial charge in [0.1, 0.15) is 29.1 Å². The van der Waals surface area contributed by atoms with Crippen LogP contribution in [0.3, 0.4) is 0 Å². The number of hydrogen-bond donors (Lipinski definition) is 2. The van der Waals surface area contributed by atoms with Crippen molar-refractivity contribution in [2.45, 2.75) is 239 Å². The first kappa shape index (κ1) is 95.6. The number of nitrogens with one attached hydrogen (secondary N) is 2. The Morgan fingerprint density at radius 2 is 0.792 bits per heavy atom. The molecule has 1 aliphatic carbocycles. The number of nitrogens with zero attached hydrogens (tertiary/aromatic N) is 1. The highest BCUT2D eigenvalue weighted by molar-refractivity contribution is 5.83. The largest absolute Gasteiger partial charge is 0.377 e. The third kappa shape index (κ3) is 43.2. The van der Waals surface area contributed by atoms with Gasteiger partial charge in [0.15, 0.2) is 0 Å². The maximum absolute atomic E-state index is 12.9. The topological polar surface area (TPSA) is 62.9 Å². The van der Waals surface area contributed by atoms with Gasteiger partial charge in [-0.2, -0.15) is 0 Å². The molecular weight excluding hydrogens is 1320 g/mol. The molecule has 3 aromatic heterocycles. The first-order chi connectivity index (χ1) is 50.8. The van der Waals surface area contributed by atoms with E-state index in [1.54, 1.807) is 19.1 Å². The lowest BCUT2D eigenvalue weighted by molar-refractivity contribution is 0.128. The van der Waals surface area contributed by atoms with Crippen LogP contribution in [0.25, 0.3) is 21.8 Å². The summed E-state index contributed by atoms with van der Waals surface area (Å²) in [5.74, 6) is -0.474. The molecule has 0 spiro atoms. The molecule has 1 aliphatic rings. The normalized spacial score (nSPS) is 10.9. The summed E-state index contributed by atoms with van der Waals surface area (Å²) in [4.78, 5) is 10.6. The van der Waals surface area contributed by atoms with Crippen LogP contribution in [0.2, 0.25) is 0 Å². The van der Waals surface area contributed by atoms with E-state index < -0.39 is 11.6 Å². The number of para-hydroxylation sites is 1. The van der Waals surface area contributed by atoms with Crippen LogP contribution in [0.4, 0.5) is 22.0 Å². The summed E-state index contributed by atoms with van der Waals surface area (Å²) < 4.78 is 73.4. The molecule has 0 unspecified atom stereocenters. The molecule has 106 heavy (non-hydrogen) atoms. The second-order valence-corrected chi connectivity index (χ2v) is 25.7. The monoisotopic (exact) mass is 1450 g/mol. The molecule has 0 bridgehead atoms. The number of aromatic amines is 2. The zero-order valence-corrected chi connectivity index (χ0v) is 64.6. The SMILES string of the molecule is C.C.CCCC1CCCCC1.CCCCc1ccc(F)cc1.CCCCc1ccccc1.CCCCc1ccccn1.CCCc1ccc(F)cc1.CCCc1ccccc1.CCOCc1c(F)cccc1F.CCOCc1ccccc1.CCc1c[nH]c2ccc(F)cc12.CCc1c[nH]c2ccccc12. The van der Waals surface area contributed by atoms with Gasteiger partial charge in [-0.3, -0.25) is 4.98 Å². The van der Waals surface area contributed by atoms with Gasteiger partial charge in [-0.05, 0) is 196 Å². The minimum atomic E-state index is -0.552. The highest BCUT2D eigenvalue weighted by atomic mass is 19.1. The predicted molar refractivity (Wildman–Crippen MR) is 447 cm³/mol. The highest BCUT2D eigenvalue weighted by Crippen LogP contribution is 2.27. The Morgan fingerprint density at radius 1 is 0.368 bits per heavy atom. The van der Waals surface area contributed by atoms with Gasteiger partial charge in [0, 0.05) is 64.9 Å². The lowest BCUT2D eigenvalue weighted by Crippen LogP contribution is -2.04. The van der Waals surface area contributed by atoms with Gasteiger partial charge in [-0.15, -0.1) is 0 Å². The molecule has 1 saturated carbocycles. The second-order valence-electron chi connectivity index (χ2n) is 25.7. The van der Waals surface area contributed by atoms with Crippen LogP contribution in [0.1, 0.15) is 231 Å². The van der Waals surface area contributed by atoms with E-state index in [2.05, 4.69) is 180 Å². The van der Waals surface area contributed by atoms with Crippen LogP contribution < -0.4 is 0 Å². The summed E-state index contributed by atoms with van der Waals surface area (Å²) in [6.45, 7) is 23.2. The maximum atomic E-state index is 12.9. The quantitative estimate of drug-likeness (QED) is 0.0628. The summed E-state index contributed by atoms with van der Waals surface area (Å²) in [6.07, 6.45) is 33.8. The van der Waals surface area contributed by atoms with Crippen molar-refractivity contribution < 1.29 is 31.4 Å². The van der Waals surface area contributed by atoms with Crippen molar-refractivity contribution in [2.75, 3.05) is 13.2 Å². The van der Waals surface area contributed by atoms with E-state index in [0.29, 0.717) is 6.61 Å². The van der Waals surface area contributed by atoms with Gasteiger partial charge in [-0.1, -0.05) is 293 Å². The maximum Gasteiger partial charge on any atom is 0.131 e.